The SMILES string of the molecule is O=C(Cc1ccc(-c2ccccc2)cc1)Nc1ccc(N2CCCS2(=O)=O)cc1. The van der Waals surface area contributed by atoms with Gasteiger partial charge in [-0.15, -0.1) is 0 Å². The Bertz CT molecular complexity index is 1090. The number of nitrogens with one attached hydrogen (secondary N) is 1. The molecule has 0 spiro atoms. The summed E-state index contributed by atoms with van der Waals surface area (Å²) in [6, 6.07) is 25.0. The van der Waals surface area contributed by atoms with Crippen LogP contribution >= 0.6 is 0 Å². The summed E-state index contributed by atoms with van der Waals surface area (Å²) in [4.78, 5) is 12.4. The minimum atomic E-state index is -3.19. The van der Waals surface area contributed by atoms with Crippen molar-refractivity contribution in [1.29, 1.82) is 0 Å². The molecule has 1 fully saturated rings. The number of hydrogen-bond donors (Lipinski definition) is 1. The van der Waals surface area contributed by atoms with Gasteiger partial charge < -0.3 is 5.32 Å². The highest BCUT2D eigenvalue weighted by Crippen LogP contribution is 2.25. The molecule has 4 rings (SSSR count). The van der Waals surface area contributed by atoms with Gasteiger partial charge in [-0.1, -0.05) is 54.6 Å². The lowest BCUT2D eigenvalue weighted by atomic mass is 10.0. The van der Waals surface area contributed by atoms with Gasteiger partial charge >= 0.3 is 0 Å². The van der Waals surface area contributed by atoms with Crippen LogP contribution in [0.15, 0.2) is 78.9 Å². The molecule has 0 radical (unpaired) electrons. The van der Waals surface area contributed by atoms with Crippen LogP contribution in [0.3, 0.4) is 0 Å². The van der Waals surface area contributed by atoms with Gasteiger partial charge in [-0.3, -0.25) is 9.10 Å². The van der Waals surface area contributed by atoms with E-state index >= 15 is 0 Å². The molecule has 1 heterocycles. The van der Waals surface area contributed by atoms with Gasteiger partial charge in [-0.2, -0.15) is 0 Å². The van der Waals surface area contributed by atoms with E-state index in [1.54, 1.807) is 24.3 Å². The third-order valence-corrected chi connectivity index (χ3v) is 6.83. The summed E-state index contributed by atoms with van der Waals surface area (Å²) in [7, 11) is -3.19. The molecule has 1 aliphatic heterocycles. The van der Waals surface area contributed by atoms with Crippen LogP contribution in [0, 0.1) is 0 Å². The summed E-state index contributed by atoms with van der Waals surface area (Å²) in [5.74, 6) is 0.0770. The topological polar surface area (TPSA) is 66.5 Å². The molecule has 6 heteroatoms. The molecule has 1 N–H and O–H groups in total. The number of carbonyl (C=O) groups excluding carboxylic acids is 1. The van der Waals surface area contributed by atoms with Crippen LogP contribution in [-0.4, -0.2) is 26.6 Å². The molecule has 1 aliphatic rings. The summed E-state index contributed by atoms with van der Waals surface area (Å²) in [6.07, 6.45) is 0.918. The van der Waals surface area contributed by atoms with Gasteiger partial charge in [-0.05, 0) is 47.4 Å². The lowest BCUT2D eigenvalue weighted by Crippen LogP contribution is -2.25. The van der Waals surface area contributed by atoms with Crippen molar-refractivity contribution in [1.82, 2.24) is 0 Å². The predicted molar refractivity (Wildman–Crippen MR) is 116 cm³/mol. The van der Waals surface area contributed by atoms with Crippen molar-refractivity contribution in [2.24, 2.45) is 0 Å². The molecule has 0 saturated carbocycles. The Balaban J connectivity index is 1.37. The van der Waals surface area contributed by atoms with Gasteiger partial charge in [0.25, 0.3) is 0 Å². The fourth-order valence-corrected chi connectivity index (χ4v) is 5.04. The van der Waals surface area contributed by atoms with E-state index < -0.39 is 10.0 Å². The van der Waals surface area contributed by atoms with Crippen LogP contribution in [-0.2, 0) is 21.2 Å². The Hall–Kier alpha value is -3.12. The Labute approximate surface area is 171 Å². The zero-order valence-electron chi connectivity index (χ0n) is 15.9. The number of carbonyl (C=O) groups is 1. The molecule has 1 amide bonds. The molecule has 0 atom stereocenters. The maximum atomic E-state index is 12.4. The maximum Gasteiger partial charge on any atom is 0.235 e. The monoisotopic (exact) mass is 406 g/mol. The van der Waals surface area contributed by atoms with Crippen LogP contribution in [0.4, 0.5) is 11.4 Å². The van der Waals surface area contributed by atoms with E-state index in [2.05, 4.69) is 17.4 Å². The van der Waals surface area contributed by atoms with E-state index in [1.165, 1.54) is 4.31 Å². The van der Waals surface area contributed by atoms with Crippen molar-refractivity contribution in [2.75, 3.05) is 21.9 Å². The first-order valence-corrected chi connectivity index (χ1v) is 11.2. The molecular formula is C23H22N2O3S. The fourth-order valence-electron chi connectivity index (χ4n) is 3.48. The zero-order chi connectivity index (χ0) is 20.3. The summed E-state index contributed by atoms with van der Waals surface area (Å²) < 4.78 is 25.4. The molecule has 1 saturated heterocycles. The standard InChI is InChI=1S/C23H22N2O3S/c26-23(17-18-7-9-20(10-8-18)19-5-2-1-3-6-19)24-21-11-13-22(14-12-21)25-15-4-16-29(25,27)28/h1-3,5-14H,4,15-17H2,(H,24,26). The van der Waals surface area contributed by atoms with Crippen molar-refractivity contribution in [3.63, 3.8) is 0 Å². The van der Waals surface area contributed by atoms with E-state index in [9.17, 15) is 13.2 Å². The first kappa shape index (κ1) is 19.2. The van der Waals surface area contributed by atoms with Crippen molar-refractivity contribution in [2.45, 2.75) is 12.8 Å². The molecule has 0 aromatic heterocycles. The van der Waals surface area contributed by atoms with Crippen LogP contribution < -0.4 is 9.62 Å². The number of rotatable bonds is 5. The smallest absolute Gasteiger partial charge is 0.235 e. The molecule has 3 aromatic carbocycles. The normalized spacial score (nSPS) is 15.2. The predicted octanol–water partition coefficient (Wildman–Crippen LogP) is 4.07. The number of nitrogens with zero attached hydrogens (tertiary/aromatic N) is 1. The molecule has 5 nitrogen and oxygen atoms in total. The highest BCUT2D eigenvalue weighted by atomic mass is 32.2. The number of anilines is 2. The molecule has 0 bridgehead atoms. The average molecular weight is 407 g/mol. The quantitative estimate of drug-likeness (QED) is 0.694. The molecule has 29 heavy (non-hydrogen) atoms. The number of benzene rings is 3. The van der Waals surface area contributed by atoms with Crippen LogP contribution in [0.2, 0.25) is 0 Å². The molecule has 3 aromatic rings. The van der Waals surface area contributed by atoms with E-state index in [-0.39, 0.29) is 18.1 Å². The Morgan fingerprint density at radius 2 is 1.52 bits per heavy atom. The Morgan fingerprint density at radius 3 is 2.14 bits per heavy atom. The van der Waals surface area contributed by atoms with Crippen molar-refractivity contribution < 1.29 is 13.2 Å². The highest BCUT2D eigenvalue weighted by Gasteiger charge is 2.28. The zero-order valence-corrected chi connectivity index (χ0v) is 16.7. The van der Waals surface area contributed by atoms with E-state index in [4.69, 9.17) is 0 Å². The van der Waals surface area contributed by atoms with E-state index in [1.807, 2.05) is 42.5 Å². The highest BCUT2D eigenvalue weighted by molar-refractivity contribution is 7.93. The van der Waals surface area contributed by atoms with Crippen molar-refractivity contribution >= 4 is 27.3 Å². The van der Waals surface area contributed by atoms with Crippen molar-refractivity contribution in [3.05, 3.63) is 84.4 Å². The number of sulfonamides is 1. The second-order valence-corrected chi connectivity index (χ2v) is 9.09. The average Bonchev–Trinajstić information content (AvgIpc) is 3.09. The van der Waals surface area contributed by atoms with Gasteiger partial charge in [0.15, 0.2) is 0 Å². The fraction of sp³-hybridized carbons (Fsp3) is 0.174. The second-order valence-electron chi connectivity index (χ2n) is 7.08. The lowest BCUT2D eigenvalue weighted by Gasteiger charge is -2.17. The Kier molecular flexibility index (Phi) is 5.36. The van der Waals surface area contributed by atoms with Gasteiger partial charge in [0, 0.05) is 12.2 Å². The third kappa shape index (κ3) is 4.49. The molecule has 148 valence electrons. The minimum absolute atomic E-state index is 0.112. The third-order valence-electron chi connectivity index (χ3n) is 4.96. The minimum Gasteiger partial charge on any atom is -0.326 e. The van der Waals surface area contributed by atoms with Crippen molar-refractivity contribution in [3.8, 4) is 11.1 Å². The summed E-state index contributed by atoms with van der Waals surface area (Å²) in [5.41, 5.74) is 4.47. The van der Waals surface area contributed by atoms with Gasteiger partial charge in [0.05, 0.1) is 17.9 Å². The van der Waals surface area contributed by atoms with Gasteiger partial charge in [0.2, 0.25) is 15.9 Å². The van der Waals surface area contributed by atoms with Gasteiger partial charge in [-0.25, -0.2) is 8.42 Å². The second kappa shape index (κ2) is 8.09. The summed E-state index contributed by atoms with van der Waals surface area (Å²) >= 11 is 0. The van der Waals surface area contributed by atoms with Crippen LogP contribution in [0.5, 0.6) is 0 Å². The largest absolute Gasteiger partial charge is 0.326 e. The van der Waals surface area contributed by atoms with E-state index in [0.717, 1.165) is 16.7 Å². The first-order chi connectivity index (χ1) is 14.0. The molecular weight excluding hydrogens is 384 g/mol. The lowest BCUT2D eigenvalue weighted by molar-refractivity contribution is -0.115. The van der Waals surface area contributed by atoms with Crippen LogP contribution in [0.25, 0.3) is 11.1 Å². The maximum absolute atomic E-state index is 12.4. The molecule has 0 unspecified atom stereocenters. The number of hydrogen-bond acceptors (Lipinski definition) is 3. The Morgan fingerprint density at radius 1 is 0.862 bits per heavy atom. The first-order valence-electron chi connectivity index (χ1n) is 9.56. The summed E-state index contributed by atoms with van der Waals surface area (Å²) in [6.45, 7) is 0.507. The van der Waals surface area contributed by atoms with Crippen LogP contribution in [0.1, 0.15) is 12.0 Å². The van der Waals surface area contributed by atoms with Gasteiger partial charge in [0.1, 0.15) is 0 Å². The van der Waals surface area contributed by atoms with E-state index in [0.29, 0.717) is 24.3 Å². The molecule has 0 aliphatic carbocycles. The number of amides is 1. The summed E-state index contributed by atoms with van der Waals surface area (Å²) in [5, 5.41) is 2.87.